The lowest BCUT2D eigenvalue weighted by molar-refractivity contribution is -0.153. The third kappa shape index (κ3) is 5.35. The molecular formula is C24H28N4O4S2. The van der Waals surface area contributed by atoms with Crippen LogP contribution in [-0.2, 0) is 22.6 Å². The van der Waals surface area contributed by atoms with Crippen LogP contribution >= 0.6 is 22.7 Å². The Morgan fingerprint density at radius 3 is 2.68 bits per heavy atom. The minimum Gasteiger partial charge on any atom is -0.380 e. The fraction of sp³-hybridized carbons (Fsp3) is 0.417. The molecule has 0 bridgehead atoms. The first-order valence-electron chi connectivity index (χ1n) is 11.2. The monoisotopic (exact) mass is 500 g/mol. The largest absolute Gasteiger partial charge is 0.380 e. The molecule has 2 aromatic heterocycles. The second kappa shape index (κ2) is 10.7. The van der Waals surface area contributed by atoms with Gasteiger partial charge in [-0.2, -0.15) is 0 Å². The molecule has 1 aromatic carbocycles. The molecule has 3 N–H and O–H groups in total. The number of nitrogens with zero attached hydrogens (tertiary/aromatic N) is 3. The van der Waals surface area contributed by atoms with Crippen molar-refractivity contribution in [2.75, 3.05) is 6.54 Å². The molecule has 34 heavy (non-hydrogen) atoms. The van der Waals surface area contributed by atoms with Crippen molar-refractivity contribution in [3.05, 3.63) is 67.6 Å². The molecule has 4 rings (SSSR count). The number of benzene rings is 1. The topological polar surface area (TPSA) is 116 Å². The Balaban J connectivity index is 1.32. The molecule has 0 radical (unpaired) electrons. The fourth-order valence-corrected chi connectivity index (χ4v) is 5.74. The van der Waals surface area contributed by atoms with E-state index in [0.29, 0.717) is 18.0 Å². The van der Waals surface area contributed by atoms with Crippen molar-refractivity contribution < 1.29 is 19.8 Å². The number of hydrogen-bond acceptors (Lipinski definition) is 8. The summed E-state index contributed by atoms with van der Waals surface area (Å²) >= 11 is 2.86. The average Bonchev–Trinajstić information content (AvgIpc) is 3.59. The molecule has 180 valence electrons. The number of amides is 2. The van der Waals surface area contributed by atoms with E-state index < -0.39 is 24.0 Å². The summed E-state index contributed by atoms with van der Waals surface area (Å²) in [6.45, 7) is 4.71. The van der Waals surface area contributed by atoms with E-state index in [1.807, 2.05) is 16.8 Å². The van der Waals surface area contributed by atoms with Crippen LogP contribution in [0, 0.1) is 13.8 Å². The highest BCUT2D eigenvalue weighted by Crippen LogP contribution is 2.33. The van der Waals surface area contributed by atoms with Crippen LogP contribution in [-0.4, -0.2) is 55.6 Å². The number of aryl methyl sites for hydroxylation is 2. The van der Waals surface area contributed by atoms with Crippen LogP contribution in [0.25, 0.3) is 0 Å². The number of hydrogen-bond donors (Lipinski definition) is 3. The lowest BCUT2D eigenvalue weighted by atomic mass is 9.99. The van der Waals surface area contributed by atoms with Crippen LogP contribution < -0.4 is 5.32 Å². The van der Waals surface area contributed by atoms with Crippen molar-refractivity contribution in [2.45, 2.75) is 57.9 Å². The first kappa shape index (κ1) is 24.5. The quantitative estimate of drug-likeness (QED) is 0.438. The highest BCUT2D eigenvalue weighted by Gasteiger charge is 2.39. The zero-order valence-electron chi connectivity index (χ0n) is 19.1. The van der Waals surface area contributed by atoms with E-state index in [1.165, 1.54) is 44.3 Å². The van der Waals surface area contributed by atoms with E-state index in [9.17, 15) is 19.8 Å². The second-order valence-corrected chi connectivity index (χ2v) is 10.3. The number of nitrogens with one attached hydrogen (secondary N) is 1. The van der Waals surface area contributed by atoms with E-state index in [2.05, 4.69) is 41.3 Å². The Hall–Kier alpha value is -2.66. The smallest absolute Gasteiger partial charge is 0.255 e. The summed E-state index contributed by atoms with van der Waals surface area (Å²) in [5.41, 5.74) is 4.56. The Labute approximate surface area is 206 Å². The van der Waals surface area contributed by atoms with Crippen LogP contribution in [0.4, 0.5) is 0 Å². The predicted molar refractivity (Wildman–Crippen MR) is 130 cm³/mol. The maximum absolute atomic E-state index is 12.8. The third-order valence-electron chi connectivity index (χ3n) is 6.11. The van der Waals surface area contributed by atoms with Gasteiger partial charge in [-0.3, -0.25) is 9.59 Å². The number of aliphatic hydroxyl groups is 2. The molecule has 2 amide bonds. The van der Waals surface area contributed by atoms with Crippen molar-refractivity contribution in [1.29, 1.82) is 0 Å². The molecule has 0 saturated carbocycles. The Morgan fingerprint density at radius 1 is 1.21 bits per heavy atom. The summed E-state index contributed by atoms with van der Waals surface area (Å²) in [7, 11) is 0. The summed E-state index contributed by atoms with van der Waals surface area (Å²) < 4.78 is 0. The van der Waals surface area contributed by atoms with Gasteiger partial charge < -0.3 is 20.4 Å². The minimum atomic E-state index is -1.86. The molecule has 10 heteroatoms. The number of rotatable bonds is 8. The van der Waals surface area contributed by atoms with Crippen molar-refractivity contribution in [2.24, 2.45) is 0 Å². The highest BCUT2D eigenvalue weighted by atomic mass is 32.1. The van der Waals surface area contributed by atoms with Gasteiger partial charge in [0.1, 0.15) is 10.0 Å². The molecule has 3 heterocycles. The number of carbonyl (C=O) groups is 2. The summed E-state index contributed by atoms with van der Waals surface area (Å²) in [6, 6.07) is 5.95. The SMILES string of the molecule is Cc1cccc(C)c1Cc1csc(CNC(=O)[C@H](O)[C@@H](O)C(=O)N2CCCC2c2nccs2)n1. The molecule has 0 spiro atoms. The minimum absolute atomic E-state index is 0.111. The highest BCUT2D eigenvalue weighted by molar-refractivity contribution is 7.09. The summed E-state index contributed by atoms with van der Waals surface area (Å²) in [5.74, 6) is -1.47. The molecule has 0 aliphatic carbocycles. The van der Waals surface area contributed by atoms with Gasteiger partial charge in [0.05, 0.1) is 18.3 Å². The lowest BCUT2D eigenvalue weighted by Gasteiger charge is -2.27. The first-order valence-corrected chi connectivity index (χ1v) is 12.9. The second-order valence-electron chi connectivity index (χ2n) is 8.45. The van der Waals surface area contributed by atoms with Gasteiger partial charge in [-0.05, 0) is 43.4 Å². The van der Waals surface area contributed by atoms with Gasteiger partial charge in [-0.1, -0.05) is 18.2 Å². The third-order valence-corrected chi connectivity index (χ3v) is 7.88. The zero-order valence-corrected chi connectivity index (χ0v) is 20.7. The molecule has 1 saturated heterocycles. The van der Waals surface area contributed by atoms with Gasteiger partial charge >= 0.3 is 0 Å². The molecule has 1 aliphatic heterocycles. The molecule has 8 nitrogen and oxygen atoms in total. The number of thiazole rings is 2. The number of likely N-dealkylation sites (tertiary alicyclic amines) is 1. The standard InChI is InChI=1S/C24H28N4O4S2/c1-14-5-3-6-15(2)17(14)11-16-13-34-19(27-16)12-26-22(31)20(29)21(30)24(32)28-9-4-7-18(28)23-25-8-10-33-23/h3,5-6,8,10,13,18,20-21,29-30H,4,7,9,11-12H2,1-2H3,(H,26,31)/t18?,20-,21-/m1/s1. The summed E-state index contributed by atoms with van der Waals surface area (Å²) in [4.78, 5) is 35.6. The normalized spacial score (nSPS) is 17.5. The van der Waals surface area contributed by atoms with Gasteiger partial charge in [-0.15, -0.1) is 22.7 Å². The maximum Gasteiger partial charge on any atom is 0.255 e. The van der Waals surface area contributed by atoms with E-state index >= 15 is 0 Å². The Bertz CT molecular complexity index is 1130. The van der Waals surface area contributed by atoms with Crippen molar-refractivity contribution >= 4 is 34.5 Å². The van der Waals surface area contributed by atoms with Crippen LogP contribution in [0.1, 0.15) is 51.3 Å². The molecule has 1 fully saturated rings. The van der Waals surface area contributed by atoms with Gasteiger partial charge in [0.2, 0.25) is 0 Å². The van der Waals surface area contributed by atoms with Crippen LogP contribution in [0.2, 0.25) is 0 Å². The fourth-order valence-electron chi connectivity index (χ4n) is 4.22. The van der Waals surface area contributed by atoms with Crippen molar-refractivity contribution in [3.63, 3.8) is 0 Å². The van der Waals surface area contributed by atoms with Crippen LogP contribution in [0.5, 0.6) is 0 Å². The van der Waals surface area contributed by atoms with Gasteiger partial charge in [0.15, 0.2) is 12.2 Å². The molecule has 3 aromatic rings. The van der Waals surface area contributed by atoms with Gasteiger partial charge in [0.25, 0.3) is 11.8 Å². The Morgan fingerprint density at radius 2 is 1.97 bits per heavy atom. The maximum atomic E-state index is 12.8. The Kier molecular flexibility index (Phi) is 7.72. The molecule has 3 atom stereocenters. The first-order chi connectivity index (χ1) is 16.3. The average molecular weight is 501 g/mol. The summed E-state index contributed by atoms with van der Waals surface area (Å²) in [6.07, 6.45) is 0.193. The lowest BCUT2D eigenvalue weighted by Crippen LogP contribution is -2.50. The van der Waals surface area contributed by atoms with E-state index in [0.717, 1.165) is 23.5 Å². The van der Waals surface area contributed by atoms with Crippen LogP contribution in [0.15, 0.2) is 35.2 Å². The number of aliphatic hydroxyl groups excluding tert-OH is 2. The number of aromatic nitrogens is 2. The van der Waals surface area contributed by atoms with E-state index in [4.69, 9.17) is 0 Å². The van der Waals surface area contributed by atoms with Crippen molar-refractivity contribution in [3.8, 4) is 0 Å². The van der Waals surface area contributed by atoms with Crippen LogP contribution in [0.3, 0.4) is 0 Å². The zero-order chi connectivity index (χ0) is 24.2. The summed E-state index contributed by atoms with van der Waals surface area (Å²) in [5, 5.41) is 28.6. The predicted octanol–water partition coefficient (Wildman–Crippen LogP) is 2.51. The van der Waals surface area contributed by atoms with Crippen molar-refractivity contribution in [1.82, 2.24) is 20.2 Å². The molecular weight excluding hydrogens is 472 g/mol. The molecule has 1 aliphatic rings. The molecule has 1 unspecified atom stereocenters. The van der Waals surface area contributed by atoms with Gasteiger partial charge in [0, 0.05) is 29.9 Å². The van der Waals surface area contributed by atoms with E-state index in [1.54, 1.807) is 6.20 Å². The van der Waals surface area contributed by atoms with E-state index in [-0.39, 0.29) is 12.6 Å². The number of carbonyl (C=O) groups excluding carboxylic acids is 2. The van der Waals surface area contributed by atoms with Gasteiger partial charge in [-0.25, -0.2) is 9.97 Å².